The van der Waals surface area contributed by atoms with Gasteiger partial charge in [-0.3, -0.25) is 24.5 Å². The van der Waals surface area contributed by atoms with Gasteiger partial charge in [-0.15, -0.1) is 0 Å². The fourth-order valence-corrected chi connectivity index (χ4v) is 4.25. The van der Waals surface area contributed by atoms with Crippen molar-refractivity contribution in [1.82, 2.24) is 10.0 Å². The molecule has 0 spiro atoms. The molecule has 1 saturated heterocycles. The second-order valence-electron chi connectivity index (χ2n) is 7.64. The molecule has 30 heavy (non-hydrogen) atoms. The fourth-order valence-electron chi connectivity index (χ4n) is 4.25. The molecule has 3 amide bonds. The molecule has 2 atom stereocenters. The molecule has 8 nitrogen and oxygen atoms in total. The zero-order valence-electron chi connectivity index (χ0n) is 16.3. The van der Waals surface area contributed by atoms with Crippen molar-refractivity contribution in [2.75, 3.05) is 0 Å². The number of hydrazine groups is 1. The third kappa shape index (κ3) is 3.56. The molecule has 1 aliphatic heterocycles. The third-order valence-electron chi connectivity index (χ3n) is 5.79. The molecule has 0 unspecified atom stereocenters. The van der Waals surface area contributed by atoms with Gasteiger partial charge in [-0.1, -0.05) is 43.2 Å². The minimum absolute atomic E-state index is 0.0492. The molecule has 0 aromatic heterocycles. The zero-order valence-corrected chi connectivity index (χ0v) is 16.3. The minimum Gasteiger partial charge on any atom is -0.272 e. The Hall–Kier alpha value is -3.55. The van der Waals surface area contributed by atoms with Crippen LogP contribution < -0.4 is 0 Å². The Morgan fingerprint density at radius 3 is 2.07 bits per heavy atom. The molecule has 2 aromatic carbocycles. The van der Waals surface area contributed by atoms with Crippen LogP contribution in [-0.2, 0) is 16.1 Å². The zero-order chi connectivity index (χ0) is 21.3. The van der Waals surface area contributed by atoms with Crippen molar-refractivity contribution in [3.63, 3.8) is 0 Å². The highest BCUT2D eigenvalue weighted by Crippen LogP contribution is 2.39. The number of nitrogens with zero attached hydrogens (tertiary/aromatic N) is 3. The molecule has 1 saturated carbocycles. The molecule has 154 valence electrons. The Labute approximate surface area is 173 Å². The van der Waals surface area contributed by atoms with Gasteiger partial charge in [0, 0.05) is 17.7 Å². The van der Waals surface area contributed by atoms with Crippen molar-refractivity contribution in [3.8, 4) is 0 Å². The molecular weight excluding hydrogens is 386 g/mol. The molecule has 2 aromatic rings. The van der Waals surface area contributed by atoms with Gasteiger partial charge < -0.3 is 0 Å². The number of amides is 3. The first-order valence-corrected chi connectivity index (χ1v) is 9.95. The largest absolute Gasteiger partial charge is 0.273 e. The van der Waals surface area contributed by atoms with E-state index in [-0.39, 0.29) is 41.4 Å². The number of carbonyl (C=O) groups excluding carboxylic acids is 3. The van der Waals surface area contributed by atoms with Gasteiger partial charge in [-0.2, -0.15) is 5.01 Å². The topological polar surface area (TPSA) is 101 Å². The maximum atomic E-state index is 13.3. The Morgan fingerprint density at radius 2 is 1.53 bits per heavy atom. The molecule has 8 heteroatoms. The number of nitro groups is 1. The highest BCUT2D eigenvalue weighted by molar-refractivity contribution is 6.07. The summed E-state index contributed by atoms with van der Waals surface area (Å²) in [5, 5.41) is 13.1. The van der Waals surface area contributed by atoms with E-state index in [1.165, 1.54) is 29.3 Å². The number of imide groups is 1. The van der Waals surface area contributed by atoms with Crippen molar-refractivity contribution >= 4 is 23.4 Å². The Balaban J connectivity index is 1.69. The number of fused-ring (bicyclic) bond motifs is 1. The predicted octanol–water partition coefficient (Wildman–Crippen LogP) is 3.33. The average molecular weight is 407 g/mol. The van der Waals surface area contributed by atoms with Crippen molar-refractivity contribution in [2.45, 2.75) is 32.2 Å². The Morgan fingerprint density at radius 1 is 0.967 bits per heavy atom. The standard InChI is InChI=1S/C22H21N3O5/c26-20(16-10-12-17(13-11-16)25(29)30)23(14-15-6-2-1-3-7-15)24-21(27)18-8-4-5-9-19(18)22(24)28/h1-3,6-7,10-13,18-19H,4-5,8-9,14H2/t18-,19-/m0/s1. The van der Waals surface area contributed by atoms with Crippen LogP contribution in [0.1, 0.15) is 41.6 Å². The number of non-ortho nitro benzene ring substituents is 1. The molecule has 0 bridgehead atoms. The van der Waals surface area contributed by atoms with E-state index in [0.29, 0.717) is 12.8 Å². The van der Waals surface area contributed by atoms with Gasteiger partial charge in [-0.05, 0) is 30.5 Å². The number of rotatable bonds is 5. The number of hydrogen-bond acceptors (Lipinski definition) is 5. The van der Waals surface area contributed by atoms with Gasteiger partial charge >= 0.3 is 0 Å². The lowest BCUT2D eigenvalue weighted by atomic mass is 9.81. The molecule has 0 N–H and O–H groups in total. The monoisotopic (exact) mass is 407 g/mol. The highest BCUT2D eigenvalue weighted by Gasteiger charge is 2.51. The van der Waals surface area contributed by atoms with E-state index in [2.05, 4.69) is 0 Å². The Kier molecular flexibility index (Phi) is 5.31. The lowest BCUT2D eigenvalue weighted by Gasteiger charge is -2.30. The van der Waals surface area contributed by atoms with Crippen LogP contribution >= 0.6 is 0 Å². The van der Waals surface area contributed by atoms with Gasteiger partial charge in [0.15, 0.2) is 0 Å². The summed E-state index contributed by atoms with van der Waals surface area (Å²) >= 11 is 0. The first kappa shape index (κ1) is 19.8. The maximum Gasteiger partial charge on any atom is 0.273 e. The fraction of sp³-hybridized carbons (Fsp3) is 0.318. The summed E-state index contributed by atoms with van der Waals surface area (Å²) in [6.07, 6.45) is 3.08. The maximum absolute atomic E-state index is 13.3. The van der Waals surface area contributed by atoms with Crippen LogP contribution in [0.15, 0.2) is 54.6 Å². The van der Waals surface area contributed by atoms with E-state index < -0.39 is 10.8 Å². The molecule has 2 fully saturated rings. The van der Waals surface area contributed by atoms with Crippen LogP contribution in [0.5, 0.6) is 0 Å². The van der Waals surface area contributed by atoms with E-state index in [0.717, 1.165) is 23.4 Å². The molecule has 0 radical (unpaired) electrons. The summed E-state index contributed by atoms with van der Waals surface area (Å²) in [4.78, 5) is 49.9. The number of carbonyl (C=O) groups is 3. The van der Waals surface area contributed by atoms with Gasteiger partial charge in [0.2, 0.25) is 0 Å². The van der Waals surface area contributed by atoms with Crippen molar-refractivity contribution in [2.24, 2.45) is 11.8 Å². The van der Waals surface area contributed by atoms with Gasteiger partial charge in [0.05, 0.1) is 23.3 Å². The van der Waals surface area contributed by atoms with E-state index >= 15 is 0 Å². The van der Waals surface area contributed by atoms with E-state index in [4.69, 9.17) is 0 Å². The minimum atomic E-state index is -0.547. The highest BCUT2D eigenvalue weighted by atomic mass is 16.6. The summed E-state index contributed by atoms with van der Waals surface area (Å²) in [5.41, 5.74) is 0.802. The van der Waals surface area contributed by atoms with Crippen LogP contribution in [0.2, 0.25) is 0 Å². The molecular formula is C22H21N3O5. The normalized spacial score (nSPS) is 20.7. The molecule has 4 rings (SSSR count). The summed E-state index contributed by atoms with van der Waals surface area (Å²) in [7, 11) is 0. The van der Waals surface area contributed by atoms with Crippen LogP contribution in [0, 0.1) is 22.0 Å². The van der Waals surface area contributed by atoms with Crippen molar-refractivity contribution in [3.05, 3.63) is 75.8 Å². The average Bonchev–Trinajstić information content (AvgIpc) is 3.03. The predicted molar refractivity (Wildman–Crippen MR) is 107 cm³/mol. The SMILES string of the molecule is O=C(c1ccc([N+](=O)[O-])cc1)N(Cc1ccccc1)N1C(=O)[C@H]2CCCC[C@@H]2C1=O. The number of nitro benzene ring substituents is 1. The second-order valence-corrected chi connectivity index (χ2v) is 7.64. The van der Waals surface area contributed by atoms with Gasteiger partial charge in [-0.25, -0.2) is 5.01 Å². The van der Waals surface area contributed by atoms with Crippen LogP contribution in [0.25, 0.3) is 0 Å². The van der Waals surface area contributed by atoms with Crippen LogP contribution in [-0.4, -0.2) is 32.7 Å². The molecule has 1 aliphatic carbocycles. The van der Waals surface area contributed by atoms with Gasteiger partial charge in [0.1, 0.15) is 0 Å². The smallest absolute Gasteiger partial charge is 0.272 e. The lowest BCUT2D eigenvalue weighted by molar-refractivity contribution is -0.384. The van der Waals surface area contributed by atoms with Crippen LogP contribution in [0.3, 0.4) is 0 Å². The van der Waals surface area contributed by atoms with Gasteiger partial charge in [0.25, 0.3) is 23.4 Å². The first-order chi connectivity index (χ1) is 14.5. The van der Waals surface area contributed by atoms with E-state index in [1.54, 1.807) is 0 Å². The molecule has 1 heterocycles. The first-order valence-electron chi connectivity index (χ1n) is 9.95. The number of hydrogen-bond donors (Lipinski definition) is 0. The Bertz CT molecular complexity index is 966. The quantitative estimate of drug-likeness (QED) is 0.430. The van der Waals surface area contributed by atoms with Crippen molar-refractivity contribution < 1.29 is 19.3 Å². The van der Waals surface area contributed by atoms with E-state index in [9.17, 15) is 24.5 Å². The summed E-state index contributed by atoms with van der Waals surface area (Å²) in [6, 6.07) is 14.3. The summed E-state index contributed by atoms with van der Waals surface area (Å²) in [6.45, 7) is 0.0492. The van der Waals surface area contributed by atoms with Crippen molar-refractivity contribution in [1.29, 1.82) is 0 Å². The molecule has 2 aliphatic rings. The third-order valence-corrected chi connectivity index (χ3v) is 5.79. The summed E-state index contributed by atoms with van der Waals surface area (Å²) in [5.74, 6) is -1.98. The summed E-state index contributed by atoms with van der Waals surface area (Å²) < 4.78 is 0. The second kappa shape index (κ2) is 8.06. The lowest BCUT2D eigenvalue weighted by Crippen LogP contribution is -2.49. The van der Waals surface area contributed by atoms with E-state index in [1.807, 2.05) is 30.3 Å². The van der Waals surface area contributed by atoms with Crippen LogP contribution in [0.4, 0.5) is 5.69 Å². The number of benzene rings is 2.